The Labute approximate surface area is 179 Å². The Morgan fingerprint density at radius 3 is 2.80 bits per heavy atom. The van der Waals surface area contributed by atoms with Gasteiger partial charge in [0.1, 0.15) is 10.3 Å². The molecule has 0 spiro atoms. The minimum absolute atomic E-state index is 0.0418. The van der Waals surface area contributed by atoms with Gasteiger partial charge in [-0.05, 0) is 49.1 Å². The average molecular weight is 446 g/mol. The lowest BCUT2D eigenvalue weighted by Gasteiger charge is -2.31. The molecule has 10 heteroatoms. The molecule has 0 bridgehead atoms. The van der Waals surface area contributed by atoms with Gasteiger partial charge in [-0.2, -0.15) is 0 Å². The predicted molar refractivity (Wildman–Crippen MR) is 117 cm³/mol. The van der Waals surface area contributed by atoms with Crippen LogP contribution < -0.4 is 15.4 Å². The molecule has 3 heterocycles. The number of benzene rings is 1. The van der Waals surface area contributed by atoms with Crippen LogP contribution in [0.25, 0.3) is 10.3 Å². The zero-order valence-electron chi connectivity index (χ0n) is 16.3. The van der Waals surface area contributed by atoms with Gasteiger partial charge in [0.05, 0.1) is 10.8 Å². The Morgan fingerprint density at radius 2 is 2.07 bits per heavy atom. The molecule has 4 rings (SSSR count). The molecule has 0 radical (unpaired) electrons. The van der Waals surface area contributed by atoms with Crippen LogP contribution in [-0.4, -0.2) is 43.9 Å². The van der Waals surface area contributed by atoms with Crippen molar-refractivity contribution in [2.24, 2.45) is 11.1 Å². The number of hydrogen-bond acceptors (Lipinski definition) is 7. The van der Waals surface area contributed by atoms with Crippen molar-refractivity contribution in [2.45, 2.75) is 24.2 Å². The highest BCUT2D eigenvalue weighted by atomic mass is 32.2. The highest BCUT2D eigenvalue weighted by Crippen LogP contribution is 2.30. The standard InChI is InChI=1S/C20H23N5O3S2/c21-30(27,28)16-7-5-14(6-8-16)9-11-22-18(26)15-3-2-12-25(13-15)20-24-17-4-1-10-23-19(17)29-20/h1,4-8,10,15H,2-3,9,11-13H2,(H,22,26)(H2,21,27,28)/t15-/m0/s1. The van der Waals surface area contributed by atoms with Crippen LogP contribution in [0, 0.1) is 5.92 Å². The molecular formula is C20H23N5O3S2. The molecule has 1 fully saturated rings. The molecule has 1 amide bonds. The Balaban J connectivity index is 1.31. The average Bonchev–Trinajstić information content (AvgIpc) is 3.18. The zero-order chi connectivity index (χ0) is 21.1. The third-order valence-corrected chi connectivity index (χ3v) is 7.15. The molecule has 30 heavy (non-hydrogen) atoms. The molecule has 0 aliphatic carbocycles. The summed E-state index contributed by atoms with van der Waals surface area (Å²) in [5.41, 5.74) is 1.83. The first-order valence-electron chi connectivity index (χ1n) is 9.76. The quantitative estimate of drug-likeness (QED) is 0.598. The van der Waals surface area contributed by atoms with Crippen LogP contribution in [0.3, 0.4) is 0 Å². The summed E-state index contributed by atoms with van der Waals surface area (Å²) in [4.78, 5) is 24.8. The van der Waals surface area contributed by atoms with Gasteiger partial charge in [0.25, 0.3) is 0 Å². The third-order valence-electron chi connectivity index (χ3n) is 5.18. The fraction of sp³-hybridized carbons (Fsp3) is 0.350. The largest absolute Gasteiger partial charge is 0.355 e. The summed E-state index contributed by atoms with van der Waals surface area (Å²) in [6.45, 7) is 2.03. The number of fused-ring (bicyclic) bond motifs is 1. The normalized spacial score (nSPS) is 17.2. The molecule has 1 atom stereocenters. The van der Waals surface area contributed by atoms with E-state index in [1.165, 1.54) is 12.1 Å². The van der Waals surface area contributed by atoms with E-state index in [-0.39, 0.29) is 16.7 Å². The first kappa shape index (κ1) is 20.7. The zero-order valence-corrected chi connectivity index (χ0v) is 18.0. The monoisotopic (exact) mass is 445 g/mol. The second-order valence-corrected chi connectivity index (χ2v) is 9.86. The lowest BCUT2D eigenvalue weighted by Crippen LogP contribution is -2.43. The van der Waals surface area contributed by atoms with Gasteiger partial charge in [-0.25, -0.2) is 23.5 Å². The third kappa shape index (κ3) is 4.77. The topological polar surface area (TPSA) is 118 Å². The van der Waals surface area contributed by atoms with Crippen molar-refractivity contribution in [1.82, 2.24) is 15.3 Å². The number of amides is 1. The summed E-state index contributed by atoms with van der Waals surface area (Å²) in [5, 5.41) is 9.03. The van der Waals surface area contributed by atoms with Crippen molar-refractivity contribution in [2.75, 3.05) is 24.5 Å². The second kappa shape index (κ2) is 8.66. The molecule has 1 aliphatic heterocycles. The number of thiazole rings is 1. The van der Waals surface area contributed by atoms with Gasteiger partial charge in [-0.15, -0.1) is 0 Å². The molecule has 1 aliphatic rings. The number of carbonyl (C=O) groups is 1. The van der Waals surface area contributed by atoms with Gasteiger partial charge >= 0.3 is 0 Å². The van der Waals surface area contributed by atoms with Crippen molar-refractivity contribution in [3.8, 4) is 0 Å². The fourth-order valence-corrected chi connectivity index (χ4v) is 5.04. The number of pyridine rings is 1. The number of piperidine rings is 1. The van der Waals surface area contributed by atoms with Gasteiger partial charge in [0.15, 0.2) is 5.13 Å². The van der Waals surface area contributed by atoms with E-state index in [9.17, 15) is 13.2 Å². The minimum atomic E-state index is -3.69. The summed E-state index contributed by atoms with van der Waals surface area (Å²) < 4.78 is 22.6. The summed E-state index contributed by atoms with van der Waals surface area (Å²) in [6.07, 6.45) is 4.18. The van der Waals surface area contributed by atoms with Crippen LogP contribution in [-0.2, 0) is 21.2 Å². The molecule has 3 N–H and O–H groups in total. The van der Waals surface area contributed by atoms with Gasteiger partial charge in [0, 0.05) is 25.8 Å². The lowest BCUT2D eigenvalue weighted by atomic mass is 9.97. The number of nitrogens with one attached hydrogen (secondary N) is 1. The van der Waals surface area contributed by atoms with Crippen molar-refractivity contribution in [3.63, 3.8) is 0 Å². The van der Waals surface area contributed by atoms with E-state index in [4.69, 9.17) is 5.14 Å². The van der Waals surface area contributed by atoms with E-state index in [1.807, 2.05) is 12.1 Å². The van der Waals surface area contributed by atoms with E-state index in [0.29, 0.717) is 19.5 Å². The number of aromatic nitrogens is 2. The summed E-state index contributed by atoms with van der Waals surface area (Å²) in [5.74, 6) is -0.0384. The highest BCUT2D eigenvalue weighted by Gasteiger charge is 2.27. The van der Waals surface area contributed by atoms with Crippen LogP contribution in [0.5, 0.6) is 0 Å². The SMILES string of the molecule is NS(=O)(=O)c1ccc(CCNC(=O)[C@H]2CCCN(c3nc4cccnc4s3)C2)cc1. The van der Waals surface area contributed by atoms with E-state index in [0.717, 1.165) is 40.4 Å². The Hall–Kier alpha value is -2.56. The van der Waals surface area contributed by atoms with Crippen molar-refractivity contribution in [3.05, 3.63) is 48.2 Å². The van der Waals surface area contributed by atoms with Crippen molar-refractivity contribution < 1.29 is 13.2 Å². The van der Waals surface area contributed by atoms with E-state index in [1.54, 1.807) is 29.7 Å². The highest BCUT2D eigenvalue weighted by molar-refractivity contribution is 7.89. The van der Waals surface area contributed by atoms with Crippen LogP contribution in [0.15, 0.2) is 47.5 Å². The van der Waals surface area contributed by atoms with E-state index < -0.39 is 10.0 Å². The van der Waals surface area contributed by atoms with Gasteiger partial charge in [-0.3, -0.25) is 4.79 Å². The maximum absolute atomic E-state index is 12.7. The lowest BCUT2D eigenvalue weighted by molar-refractivity contribution is -0.125. The Bertz CT molecular complexity index is 1110. The van der Waals surface area contributed by atoms with E-state index >= 15 is 0 Å². The molecule has 3 aromatic rings. The first-order valence-corrected chi connectivity index (χ1v) is 12.1. The van der Waals surface area contributed by atoms with Crippen LogP contribution in [0.1, 0.15) is 18.4 Å². The smallest absolute Gasteiger partial charge is 0.238 e. The summed E-state index contributed by atoms with van der Waals surface area (Å²) in [6, 6.07) is 10.2. The number of hydrogen-bond donors (Lipinski definition) is 2. The molecule has 8 nitrogen and oxygen atoms in total. The van der Waals surface area contributed by atoms with Gasteiger partial charge in [0.2, 0.25) is 15.9 Å². The number of sulfonamides is 1. The van der Waals surface area contributed by atoms with Gasteiger partial charge in [-0.1, -0.05) is 23.5 Å². The minimum Gasteiger partial charge on any atom is -0.355 e. The van der Waals surface area contributed by atoms with Gasteiger partial charge < -0.3 is 10.2 Å². The van der Waals surface area contributed by atoms with Crippen LogP contribution in [0.4, 0.5) is 5.13 Å². The predicted octanol–water partition coefficient (Wildman–Crippen LogP) is 1.91. The second-order valence-electron chi connectivity index (χ2n) is 7.34. The molecule has 0 saturated carbocycles. The Morgan fingerprint density at radius 1 is 1.27 bits per heavy atom. The van der Waals surface area contributed by atoms with Crippen molar-refractivity contribution in [1.29, 1.82) is 0 Å². The number of primary sulfonamides is 1. The molecule has 0 unspecified atom stereocenters. The number of nitrogens with zero attached hydrogens (tertiary/aromatic N) is 3. The maximum Gasteiger partial charge on any atom is 0.238 e. The van der Waals surface area contributed by atoms with E-state index in [2.05, 4.69) is 20.2 Å². The summed E-state index contributed by atoms with van der Waals surface area (Å²) >= 11 is 1.56. The van der Waals surface area contributed by atoms with Crippen molar-refractivity contribution >= 4 is 42.7 Å². The number of rotatable bonds is 6. The molecule has 1 saturated heterocycles. The van der Waals surface area contributed by atoms with Crippen LogP contribution >= 0.6 is 11.3 Å². The summed E-state index contributed by atoms with van der Waals surface area (Å²) in [7, 11) is -3.69. The fourth-order valence-electron chi connectivity index (χ4n) is 3.58. The molecular weight excluding hydrogens is 422 g/mol. The maximum atomic E-state index is 12.7. The Kier molecular flexibility index (Phi) is 5.98. The number of carbonyl (C=O) groups excluding carboxylic acids is 1. The number of anilines is 1. The molecule has 158 valence electrons. The molecule has 2 aromatic heterocycles. The van der Waals surface area contributed by atoms with Crippen LogP contribution in [0.2, 0.25) is 0 Å². The first-order chi connectivity index (χ1) is 14.4. The number of nitrogens with two attached hydrogens (primary N) is 1. The molecule has 1 aromatic carbocycles.